The van der Waals surface area contributed by atoms with Crippen molar-refractivity contribution in [2.75, 3.05) is 4.90 Å². The van der Waals surface area contributed by atoms with Gasteiger partial charge in [0.05, 0.1) is 0 Å². The second-order valence-electron chi connectivity index (χ2n) is 10.6. The number of hydrogen-bond acceptors (Lipinski definition) is 2. The van der Waals surface area contributed by atoms with E-state index in [0.29, 0.717) is 0 Å². The summed E-state index contributed by atoms with van der Waals surface area (Å²) in [7, 11) is 0. The first-order valence-electron chi connectivity index (χ1n) is 14.3. The first kappa shape index (κ1) is 24.2. The summed E-state index contributed by atoms with van der Waals surface area (Å²) in [4.78, 5) is 2.32. The minimum absolute atomic E-state index is 0.877. The van der Waals surface area contributed by atoms with E-state index in [2.05, 4.69) is 157 Å². The molecular formula is C40H27NO. The highest BCUT2D eigenvalue weighted by molar-refractivity contribution is 6.08. The minimum atomic E-state index is 0.877. The fraction of sp³-hybridized carbons (Fsp3) is 0. The predicted molar refractivity (Wildman–Crippen MR) is 177 cm³/mol. The summed E-state index contributed by atoms with van der Waals surface area (Å²) >= 11 is 0. The predicted octanol–water partition coefficient (Wildman–Crippen LogP) is 11.5. The molecule has 1 heterocycles. The van der Waals surface area contributed by atoms with Gasteiger partial charge < -0.3 is 9.32 Å². The van der Waals surface area contributed by atoms with Crippen molar-refractivity contribution in [1.29, 1.82) is 0 Å². The van der Waals surface area contributed by atoms with Crippen LogP contribution in [0, 0.1) is 0 Å². The van der Waals surface area contributed by atoms with Crippen LogP contribution < -0.4 is 4.90 Å². The lowest BCUT2D eigenvalue weighted by Crippen LogP contribution is -2.09. The van der Waals surface area contributed by atoms with Crippen molar-refractivity contribution in [2.24, 2.45) is 0 Å². The zero-order chi connectivity index (χ0) is 27.9. The van der Waals surface area contributed by atoms with Crippen LogP contribution in [0.4, 0.5) is 17.1 Å². The van der Waals surface area contributed by atoms with Crippen LogP contribution in [-0.4, -0.2) is 0 Å². The van der Waals surface area contributed by atoms with Crippen molar-refractivity contribution in [3.05, 3.63) is 164 Å². The van der Waals surface area contributed by atoms with E-state index >= 15 is 0 Å². The maximum atomic E-state index is 6.57. The van der Waals surface area contributed by atoms with Gasteiger partial charge in [-0.25, -0.2) is 0 Å². The third-order valence-electron chi connectivity index (χ3n) is 8.03. The number of anilines is 3. The van der Waals surface area contributed by atoms with Crippen molar-refractivity contribution < 1.29 is 4.42 Å². The highest BCUT2D eigenvalue weighted by Gasteiger charge is 2.20. The molecule has 8 rings (SSSR count). The molecule has 0 amide bonds. The molecule has 0 bridgehead atoms. The third-order valence-corrected chi connectivity index (χ3v) is 8.03. The van der Waals surface area contributed by atoms with Crippen molar-refractivity contribution in [2.45, 2.75) is 0 Å². The molecule has 2 heteroatoms. The van der Waals surface area contributed by atoms with Gasteiger partial charge in [0.25, 0.3) is 0 Å². The molecule has 198 valence electrons. The molecule has 7 aromatic carbocycles. The summed E-state index contributed by atoms with van der Waals surface area (Å²) < 4.78 is 6.57. The average Bonchev–Trinajstić information content (AvgIpc) is 3.46. The van der Waals surface area contributed by atoms with Crippen LogP contribution in [0.5, 0.6) is 0 Å². The first-order chi connectivity index (χ1) is 20.8. The van der Waals surface area contributed by atoms with E-state index in [0.717, 1.165) is 50.5 Å². The lowest BCUT2D eigenvalue weighted by molar-refractivity contribution is 0.632. The summed E-state index contributed by atoms with van der Waals surface area (Å²) in [5.74, 6) is 0.877. The normalized spacial score (nSPS) is 11.3. The SMILES string of the molecule is c1ccc(-c2c(-c3cccc(N(c4ccccc4)c4ccc5c(ccc6ccccc65)c4)c3)oc3ccccc23)cc1. The number of benzene rings is 7. The molecule has 0 radical (unpaired) electrons. The van der Waals surface area contributed by atoms with Crippen LogP contribution in [0.3, 0.4) is 0 Å². The molecule has 0 saturated carbocycles. The largest absolute Gasteiger partial charge is 0.455 e. The molecule has 0 saturated heterocycles. The number of furan rings is 1. The fourth-order valence-electron chi connectivity index (χ4n) is 6.09. The van der Waals surface area contributed by atoms with E-state index in [1.807, 2.05) is 12.1 Å². The number of fused-ring (bicyclic) bond motifs is 4. The molecule has 0 aliphatic carbocycles. The van der Waals surface area contributed by atoms with Gasteiger partial charge in [-0.05, 0) is 69.6 Å². The van der Waals surface area contributed by atoms with Gasteiger partial charge >= 0.3 is 0 Å². The fourth-order valence-corrected chi connectivity index (χ4v) is 6.09. The van der Waals surface area contributed by atoms with Crippen molar-refractivity contribution in [3.8, 4) is 22.5 Å². The highest BCUT2D eigenvalue weighted by Crippen LogP contribution is 2.43. The van der Waals surface area contributed by atoms with E-state index in [1.54, 1.807) is 0 Å². The van der Waals surface area contributed by atoms with E-state index in [1.165, 1.54) is 21.5 Å². The van der Waals surface area contributed by atoms with Gasteiger partial charge in [0.2, 0.25) is 0 Å². The Morgan fingerprint density at radius 1 is 0.381 bits per heavy atom. The van der Waals surface area contributed by atoms with Crippen LogP contribution in [0.2, 0.25) is 0 Å². The molecular weight excluding hydrogens is 510 g/mol. The van der Waals surface area contributed by atoms with Gasteiger partial charge in [-0.3, -0.25) is 0 Å². The Morgan fingerprint density at radius 2 is 1.00 bits per heavy atom. The van der Waals surface area contributed by atoms with Crippen LogP contribution in [0.25, 0.3) is 55.0 Å². The lowest BCUT2D eigenvalue weighted by Gasteiger charge is -2.26. The molecule has 42 heavy (non-hydrogen) atoms. The minimum Gasteiger partial charge on any atom is -0.455 e. The number of hydrogen-bond donors (Lipinski definition) is 0. The summed E-state index contributed by atoms with van der Waals surface area (Å²) in [6.45, 7) is 0. The van der Waals surface area contributed by atoms with Crippen LogP contribution >= 0.6 is 0 Å². The molecule has 0 atom stereocenters. The Morgan fingerprint density at radius 3 is 1.86 bits per heavy atom. The van der Waals surface area contributed by atoms with E-state index in [4.69, 9.17) is 4.42 Å². The van der Waals surface area contributed by atoms with E-state index in [-0.39, 0.29) is 0 Å². The van der Waals surface area contributed by atoms with Gasteiger partial charge in [0.15, 0.2) is 0 Å². The molecule has 1 aromatic heterocycles. The smallest absolute Gasteiger partial charge is 0.143 e. The Labute approximate surface area is 244 Å². The quantitative estimate of drug-likeness (QED) is 0.203. The molecule has 8 aromatic rings. The van der Waals surface area contributed by atoms with Crippen molar-refractivity contribution in [3.63, 3.8) is 0 Å². The molecule has 0 aliphatic rings. The molecule has 0 unspecified atom stereocenters. The van der Waals surface area contributed by atoms with Gasteiger partial charge in [0.1, 0.15) is 11.3 Å². The second-order valence-corrected chi connectivity index (χ2v) is 10.6. The molecule has 0 aliphatic heterocycles. The topological polar surface area (TPSA) is 16.4 Å². The first-order valence-corrected chi connectivity index (χ1v) is 14.3. The third kappa shape index (κ3) is 4.13. The Bertz CT molecular complexity index is 2200. The Hall–Kier alpha value is -5.60. The monoisotopic (exact) mass is 537 g/mol. The molecule has 0 spiro atoms. The van der Waals surface area contributed by atoms with Crippen molar-refractivity contribution in [1.82, 2.24) is 0 Å². The van der Waals surface area contributed by atoms with Crippen LogP contribution in [-0.2, 0) is 0 Å². The Balaban J connectivity index is 1.31. The Kier molecular flexibility index (Phi) is 5.82. The maximum absolute atomic E-state index is 6.57. The van der Waals surface area contributed by atoms with Gasteiger partial charge in [0, 0.05) is 33.6 Å². The number of para-hydroxylation sites is 2. The maximum Gasteiger partial charge on any atom is 0.143 e. The highest BCUT2D eigenvalue weighted by atomic mass is 16.3. The molecule has 2 nitrogen and oxygen atoms in total. The molecule has 0 fully saturated rings. The lowest BCUT2D eigenvalue weighted by atomic mass is 9.98. The van der Waals surface area contributed by atoms with Gasteiger partial charge in [-0.1, -0.05) is 121 Å². The molecule has 0 N–H and O–H groups in total. The van der Waals surface area contributed by atoms with Gasteiger partial charge in [-0.2, -0.15) is 0 Å². The summed E-state index contributed by atoms with van der Waals surface area (Å²) in [5, 5.41) is 6.12. The summed E-state index contributed by atoms with van der Waals surface area (Å²) in [5.41, 5.74) is 7.46. The standard InChI is InChI=1S/C40H27NO/c1-3-13-29(14-4-1)39-37-20-9-10-21-38(37)42-40(39)31-15-11-18-33(27-31)41(32-16-5-2-6-17-32)34-24-25-36-30(26-34)23-22-28-12-7-8-19-35(28)36/h1-27H. The summed E-state index contributed by atoms with van der Waals surface area (Å²) in [6, 6.07) is 57.8. The number of nitrogens with zero attached hydrogens (tertiary/aromatic N) is 1. The average molecular weight is 538 g/mol. The van der Waals surface area contributed by atoms with Crippen LogP contribution in [0.1, 0.15) is 0 Å². The van der Waals surface area contributed by atoms with Crippen molar-refractivity contribution >= 4 is 49.6 Å². The zero-order valence-corrected chi connectivity index (χ0v) is 22.9. The number of rotatable bonds is 5. The second kappa shape index (κ2) is 10.1. The van der Waals surface area contributed by atoms with Crippen LogP contribution in [0.15, 0.2) is 168 Å². The zero-order valence-electron chi connectivity index (χ0n) is 22.9. The van der Waals surface area contributed by atoms with Gasteiger partial charge in [-0.15, -0.1) is 0 Å². The van der Waals surface area contributed by atoms with E-state index in [9.17, 15) is 0 Å². The summed E-state index contributed by atoms with van der Waals surface area (Å²) in [6.07, 6.45) is 0. The van der Waals surface area contributed by atoms with E-state index < -0.39 is 0 Å².